The molecule has 3 aromatic rings. The SMILES string of the molecule is Cc1ccccc1CCN(C(=O)Cc1cccs1)[C@@H](C(=O)NC1CCCCC1)c1ccncc1. The lowest BCUT2D eigenvalue weighted by Crippen LogP contribution is -2.48. The van der Waals surface area contributed by atoms with Crippen LogP contribution >= 0.6 is 11.3 Å². The van der Waals surface area contributed by atoms with Gasteiger partial charge in [-0.05, 0) is 66.5 Å². The van der Waals surface area contributed by atoms with Crippen LogP contribution in [0.5, 0.6) is 0 Å². The first-order valence-corrected chi connectivity index (χ1v) is 13.1. The second-order valence-corrected chi connectivity index (χ2v) is 10.1. The monoisotopic (exact) mass is 475 g/mol. The maximum absolute atomic E-state index is 13.7. The highest BCUT2D eigenvalue weighted by Gasteiger charge is 2.32. The third-order valence-corrected chi connectivity index (χ3v) is 7.52. The predicted octanol–water partition coefficient (Wildman–Crippen LogP) is 5.26. The molecule has 0 spiro atoms. The third-order valence-electron chi connectivity index (χ3n) is 6.64. The van der Waals surface area contributed by atoms with Crippen LogP contribution in [-0.2, 0) is 22.4 Å². The van der Waals surface area contributed by atoms with E-state index < -0.39 is 6.04 Å². The zero-order valence-corrected chi connectivity index (χ0v) is 20.6. The Morgan fingerprint density at radius 2 is 1.82 bits per heavy atom. The van der Waals surface area contributed by atoms with Gasteiger partial charge in [0.2, 0.25) is 11.8 Å². The first-order valence-electron chi connectivity index (χ1n) is 12.2. The number of carbonyl (C=O) groups excluding carboxylic acids is 2. The van der Waals surface area contributed by atoms with Gasteiger partial charge in [0.1, 0.15) is 6.04 Å². The molecule has 34 heavy (non-hydrogen) atoms. The topological polar surface area (TPSA) is 62.3 Å². The van der Waals surface area contributed by atoms with Crippen molar-refractivity contribution in [1.82, 2.24) is 15.2 Å². The van der Waals surface area contributed by atoms with E-state index in [1.54, 1.807) is 28.6 Å². The van der Waals surface area contributed by atoms with Gasteiger partial charge in [0.25, 0.3) is 0 Å². The summed E-state index contributed by atoms with van der Waals surface area (Å²) in [5.74, 6) is -0.126. The molecular weight excluding hydrogens is 442 g/mol. The molecule has 1 aliphatic rings. The van der Waals surface area contributed by atoms with E-state index in [1.165, 1.54) is 17.5 Å². The predicted molar refractivity (Wildman–Crippen MR) is 137 cm³/mol. The van der Waals surface area contributed by atoms with Gasteiger partial charge in [0.05, 0.1) is 6.42 Å². The van der Waals surface area contributed by atoms with E-state index in [-0.39, 0.29) is 17.9 Å². The molecule has 4 rings (SSSR count). The highest BCUT2D eigenvalue weighted by Crippen LogP contribution is 2.26. The Labute approximate surface area is 206 Å². The van der Waals surface area contributed by atoms with Crippen molar-refractivity contribution in [3.8, 4) is 0 Å². The van der Waals surface area contributed by atoms with Crippen molar-refractivity contribution in [3.63, 3.8) is 0 Å². The third kappa shape index (κ3) is 6.32. The summed E-state index contributed by atoms with van der Waals surface area (Å²) in [6.45, 7) is 2.56. The number of pyridine rings is 1. The minimum absolute atomic E-state index is 0.0309. The standard InChI is InChI=1S/C28H33N3O2S/c1-21-8-5-6-9-22(21)15-18-31(26(32)20-25-12-7-19-34-25)27(23-13-16-29-17-14-23)28(33)30-24-10-3-2-4-11-24/h5-9,12-14,16-17,19,24,27H,2-4,10-11,15,18,20H2,1H3,(H,30,33)/t27-/m1/s1. The summed E-state index contributed by atoms with van der Waals surface area (Å²) in [5.41, 5.74) is 3.19. The Morgan fingerprint density at radius 1 is 1.06 bits per heavy atom. The van der Waals surface area contributed by atoms with Crippen LogP contribution in [0.25, 0.3) is 0 Å². The highest BCUT2D eigenvalue weighted by atomic mass is 32.1. The number of hydrogen-bond donors (Lipinski definition) is 1. The van der Waals surface area contributed by atoms with Gasteiger partial charge in [-0.1, -0.05) is 49.6 Å². The molecule has 0 radical (unpaired) electrons. The van der Waals surface area contributed by atoms with Gasteiger partial charge >= 0.3 is 0 Å². The molecule has 2 amide bonds. The summed E-state index contributed by atoms with van der Waals surface area (Å²) in [6.07, 6.45) is 9.88. The summed E-state index contributed by atoms with van der Waals surface area (Å²) in [5, 5.41) is 5.25. The Kier molecular flexibility index (Phi) is 8.47. The second kappa shape index (κ2) is 11.9. The molecule has 1 atom stereocenters. The van der Waals surface area contributed by atoms with Crippen LogP contribution in [0.1, 0.15) is 59.7 Å². The number of carbonyl (C=O) groups is 2. The minimum Gasteiger partial charge on any atom is -0.351 e. The van der Waals surface area contributed by atoms with E-state index >= 15 is 0 Å². The van der Waals surface area contributed by atoms with Gasteiger partial charge in [-0.2, -0.15) is 0 Å². The van der Waals surface area contributed by atoms with E-state index in [9.17, 15) is 9.59 Å². The van der Waals surface area contributed by atoms with E-state index in [0.29, 0.717) is 19.4 Å². The molecular formula is C28H33N3O2S. The first-order chi connectivity index (χ1) is 16.6. The van der Waals surface area contributed by atoms with Crippen LogP contribution in [0.2, 0.25) is 0 Å². The fraction of sp³-hybridized carbons (Fsp3) is 0.393. The Balaban J connectivity index is 1.63. The number of amides is 2. The van der Waals surface area contributed by atoms with Crippen molar-refractivity contribution >= 4 is 23.2 Å². The quantitative estimate of drug-likeness (QED) is 0.459. The molecule has 1 aromatic carbocycles. The Hall–Kier alpha value is -2.99. The van der Waals surface area contributed by atoms with Crippen molar-refractivity contribution in [1.29, 1.82) is 0 Å². The van der Waals surface area contributed by atoms with Crippen molar-refractivity contribution < 1.29 is 9.59 Å². The average Bonchev–Trinajstić information content (AvgIpc) is 3.36. The molecule has 1 aliphatic carbocycles. The molecule has 0 aliphatic heterocycles. The van der Waals surface area contributed by atoms with Crippen LogP contribution in [0.4, 0.5) is 0 Å². The molecule has 6 heteroatoms. The Morgan fingerprint density at radius 3 is 2.53 bits per heavy atom. The largest absolute Gasteiger partial charge is 0.351 e. The van der Waals surface area contributed by atoms with Crippen molar-refractivity contribution in [2.75, 3.05) is 6.54 Å². The summed E-state index contributed by atoms with van der Waals surface area (Å²) in [6, 6.07) is 15.4. The van der Waals surface area contributed by atoms with Gasteiger partial charge in [-0.25, -0.2) is 0 Å². The number of benzene rings is 1. The summed E-state index contributed by atoms with van der Waals surface area (Å²) in [4.78, 5) is 34.3. The lowest BCUT2D eigenvalue weighted by molar-refractivity contribution is -0.140. The van der Waals surface area contributed by atoms with E-state index in [2.05, 4.69) is 29.4 Å². The summed E-state index contributed by atoms with van der Waals surface area (Å²) in [7, 11) is 0. The molecule has 1 N–H and O–H groups in total. The molecule has 0 unspecified atom stereocenters. The molecule has 178 valence electrons. The van der Waals surface area contributed by atoms with Gasteiger partial charge < -0.3 is 10.2 Å². The fourth-order valence-corrected chi connectivity index (χ4v) is 5.43. The maximum Gasteiger partial charge on any atom is 0.247 e. The van der Waals surface area contributed by atoms with Crippen LogP contribution in [0, 0.1) is 6.92 Å². The van der Waals surface area contributed by atoms with Gasteiger partial charge in [0.15, 0.2) is 0 Å². The van der Waals surface area contributed by atoms with E-state index in [0.717, 1.165) is 36.1 Å². The molecule has 0 bridgehead atoms. The van der Waals surface area contributed by atoms with Crippen molar-refractivity contribution in [2.45, 2.75) is 64.0 Å². The lowest BCUT2D eigenvalue weighted by atomic mass is 9.94. The molecule has 1 fully saturated rings. The number of thiophene rings is 1. The first kappa shape index (κ1) is 24.1. The second-order valence-electron chi connectivity index (χ2n) is 9.05. The zero-order valence-electron chi connectivity index (χ0n) is 19.8. The van der Waals surface area contributed by atoms with Crippen LogP contribution in [-0.4, -0.2) is 34.3 Å². The summed E-state index contributed by atoms with van der Waals surface area (Å²) >= 11 is 1.57. The number of rotatable bonds is 9. The van der Waals surface area contributed by atoms with Crippen molar-refractivity contribution in [3.05, 3.63) is 87.9 Å². The average molecular weight is 476 g/mol. The number of nitrogens with one attached hydrogen (secondary N) is 1. The normalized spacial score (nSPS) is 15.0. The zero-order chi connectivity index (χ0) is 23.8. The minimum atomic E-state index is -0.679. The Bertz CT molecular complexity index is 1060. The van der Waals surface area contributed by atoms with E-state index in [1.807, 2.05) is 41.8 Å². The maximum atomic E-state index is 13.7. The molecule has 0 saturated heterocycles. The smallest absolute Gasteiger partial charge is 0.247 e. The molecule has 2 aromatic heterocycles. The van der Waals surface area contributed by atoms with E-state index in [4.69, 9.17) is 0 Å². The van der Waals surface area contributed by atoms with Crippen LogP contribution in [0.15, 0.2) is 66.3 Å². The van der Waals surface area contributed by atoms with Crippen LogP contribution in [0.3, 0.4) is 0 Å². The fourth-order valence-electron chi connectivity index (χ4n) is 4.74. The van der Waals surface area contributed by atoms with Crippen molar-refractivity contribution in [2.24, 2.45) is 0 Å². The summed E-state index contributed by atoms with van der Waals surface area (Å²) < 4.78 is 0. The van der Waals surface area contributed by atoms with Gasteiger partial charge in [0, 0.05) is 29.9 Å². The molecule has 5 nitrogen and oxygen atoms in total. The number of aryl methyl sites for hydroxylation is 1. The lowest BCUT2D eigenvalue weighted by Gasteiger charge is -2.33. The van der Waals surface area contributed by atoms with Crippen LogP contribution < -0.4 is 5.32 Å². The highest BCUT2D eigenvalue weighted by molar-refractivity contribution is 7.10. The number of aromatic nitrogens is 1. The molecule has 2 heterocycles. The number of nitrogens with zero attached hydrogens (tertiary/aromatic N) is 2. The molecule has 1 saturated carbocycles. The number of hydrogen-bond acceptors (Lipinski definition) is 4. The van der Waals surface area contributed by atoms with Gasteiger partial charge in [-0.3, -0.25) is 14.6 Å². The van der Waals surface area contributed by atoms with Gasteiger partial charge in [-0.15, -0.1) is 11.3 Å².